The van der Waals surface area contributed by atoms with Crippen molar-refractivity contribution in [3.63, 3.8) is 0 Å². The number of aliphatic hydroxyl groups is 1. The Bertz CT molecular complexity index is 908. The van der Waals surface area contributed by atoms with Crippen molar-refractivity contribution in [1.29, 1.82) is 0 Å². The molecule has 0 bridgehead atoms. The van der Waals surface area contributed by atoms with Crippen LogP contribution in [-0.2, 0) is 30.4 Å². The van der Waals surface area contributed by atoms with Crippen molar-refractivity contribution in [3.05, 3.63) is 52.9 Å². The summed E-state index contributed by atoms with van der Waals surface area (Å²) in [5, 5.41) is 12.8. The number of esters is 1. The first-order chi connectivity index (χ1) is 14.8. The van der Waals surface area contributed by atoms with Crippen LogP contribution in [0.1, 0.15) is 22.7 Å². The zero-order valence-corrected chi connectivity index (χ0v) is 18.2. The van der Waals surface area contributed by atoms with Crippen LogP contribution in [0.4, 0.5) is 4.79 Å². The van der Waals surface area contributed by atoms with Gasteiger partial charge in [-0.1, -0.05) is 46.7 Å². The molecule has 0 spiro atoms. The predicted molar refractivity (Wildman–Crippen MR) is 110 cm³/mol. The lowest BCUT2D eigenvalue weighted by Gasteiger charge is -2.20. The fourth-order valence-electron chi connectivity index (χ4n) is 2.50. The van der Waals surface area contributed by atoms with Gasteiger partial charge in [0.25, 0.3) is 0 Å². The van der Waals surface area contributed by atoms with Crippen LogP contribution in [0.15, 0.2) is 42.5 Å². The Morgan fingerprint density at radius 2 is 1.94 bits per heavy atom. The van der Waals surface area contributed by atoms with Crippen molar-refractivity contribution in [2.45, 2.75) is 24.9 Å². The monoisotopic (exact) mass is 474 g/mol. The van der Waals surface area contributed by atoms with Gasteiger partial charge in [0, 0.05) is 11.0 Å². The lowest BCUT2D eigenvalue weighted by atomic mass is 10.2. The van der Waals surface area contributed by atoms with E-state index in [9.17, 15) is 24.2 Å². The lowest BCUT2D eigenvalue weighted by Crippen LogP contribution is -2.42. The third kappa shape index (κ3) is 7.62. The summed E-state index contributed by atoms with van der Waals surface area (Å²) in [6.45, 7) is -0.0208. The SMILES string of the molecule is COC(=O)[C@H](CCP(=O)(O)C(O)c1ccc(OON)s1)NC(=O)OCc1ccccc1. The number of methoxy groups -OCH3 is 1. The fraction of sp³-hybridized carbons (Fsp3) is 0.333. The molecule has 0 fully saturated rings. The average molecular weight is 474 g/mol. The Hall–Kier alpha value is -2.47. The lowest BCUT2D eigenvalue weighted by molar-refractivity contribution is -0.208. The third-order valence-electron chi connectivity index (χ3n) is 4.10. The number of aliphatic hydroxyl groups excluding tert-OH is 1. The Kier molecular flexibility index (Phi) is 9.44. The molecular formula is C18H23N2O9PS. The minimum Gasteiger partial charge on any atom is -0.467 e. The highest BCUT2D eigenvalue weighted by atomic mass is 32.1. The standard InChI is InChI=1S/C18H23N2O9PS/c1-26-16(21)13(20-18(23)27-11-12-5-3-2-4-6-12)9-10-30(24,25)17(22)14-7-8-15(31-14)28-29-19/h2-8,13,17,22H,9-11,19H2,1H3,(H,20,23)(H,24,25)/t13-,17?/m0/s1. The van der Waals surface area contributed by atoms with Gasteiger partial charge in [-0.3, -0.25) is 4.57 Å². The molecule has 0 radical (unpaired) electrons. The number of carbonyl (C=O) groups is 2. The van der Waals surface area contributed by atoms with Crippen molar-refractivity contribution < 1.29 is 43.5 Å². The van der Waals surface area contributed by atoms with Gasteiger partial charge in [-0.2, -0.15) is 5.90 Å². The van der Waals surface area contributed by atoms with Crippen LogP contribution in [0, 0.1) is 0 Å². The molecule has 1 heterocycles. The van der Waals surface area contributed by atoms with Gasteiger partial charge in [0.1, 0.15) is 12.6 Å². The maximum atomic E-state index is 12.6. The Labute approximate surface area is 182 Å². The molecule has 2 rings (SSSR count). The van der Waals surface area contributed by atoms with Crippen molar-refractivity contribution in [2.24, 2.45) is 5.90 Å². The van der Waals surface area contributed by atoms with Crippen molar-refractivity contribution >= 4 is 30.8 Å². The quantitative estimate of drug-likeness (QED) is 0.164. The summed E-state index contributed by atoms with van der Waals surface area (Å²) in [4.78, 5) is 43.0. The van der Waals surface area contributed by atoms with Gasteiger partial charge in [0.15, 0.2) is 5.85 Å². The molecule has 3 atom stereocenters. The van der Waals surface area contributed by atoms with E-state index in [0.29, 0.717) is 0 Å². The van der Waals surface area contributed by atoms with E-state index in [1.165, 1.54) is 12.1 Å². The smallest absolute Gasteiger partial charge is 0.408 e. The molecule has 0 saturated carbocycles. The van der Waals surface area contributed by atoms with Gasteiger partial charge in [-0.15, -0.1) is 0 Å². The predicted octanol–water partition coefficient (Wildman–Crippen LogP) is 2.05. The van der Waals surface area contributed by atoms with Crippen molar-refractivity contribution in [3.8, 4) is 5.06 Å². The highest BCUT2D eigenvalue weighted by Gasteiger charge is 2.34. The largest absolute Gasteiger partial charge is 0.467 e. The highest BCUT2D eigenvalue weighted by molar-refractivity contribution is 7.58. The van der Waals surface area contributed by atoms with Gasteiger partial charge in [-0.05, 0) is 24.1 Å². The molecule has 2 aromatic rings. The van der Waals surface area contributed by atoms with E-state index in [0.717, 1.165) is 24.0 Å². The number of amides is 1. The van der Waals surface area contributed by atoms with E-state index in [1.807, 2.05) is 6.07 Å². The summed E-state index contributed by atoms with van der Waals surface area (Å²) in [6, 6.07) is 10.4. The van der Waals surface area contributed by atoms with E-state index in [1.54, 1.807) is 24.3 Å². The Balaban J connectivity index is 1.95. The summed E-state index contributed by atoms with van der Waals surface area (Å²) in [7, 11) is -3.07. The molecule has 1 amide bonds. The van der Waals surface area contributed by atoms with Crippen LogP contribution in [0.3, 0.4) is 0 Å². The van der Waals surface area contributed by atoms with E-state index in [-0.39, 0.29) is 23.0 Å². The maximum Gasteiger partial charge on any atom is 0.408 e. The summed E-state index contributed by atoms with van der Waals surface area (Å²) in [5.74, 6) is 2.23. The third-order valence-corrected chi connectivity index (χ3v) is 7.21. The van der Waals surface area contributed by atoms with Gasteiger partial charge in [-0.25, -0.2) is 9.59 Å². The molecule has 0 aliphatic carbocycles. The first kappa shape index (κ1) is 24.8. The number of thiophene rings is 1. The first-order valence-corrected chi connectivity index (χ1v) is 11.7. The summed E-state index contributed by atoms with van der Waals surface area (Å²) < 4.78 is 22.3. The molecule has 5 N–H and O–H groups in total. The molecular weight excluding hydrogens is 451 g/mol. The average Bonchev–Trinajstić information content (AvgIpc) is 3.23. The van der Waals surface area contributed by atoms with Crippen molar-refractivity contribution in [2.75, 3.05) is 13.3 Å². The number of alkyl carbamates (subject to hydrolysis) is 1. The number of ether oxygens (including phenoxy) is 2. The molecule has 1 aromatic heterocycles. The minimum absolute atomic E-state index is 0.0208. The van der Waals surface area contributed by atoms with E-state index in [2.05, 4.69) is 19.9 Å². The summed E-state index contributed by atoms with van der Waals surface area (Å²) >= 11 is 0.862. The molecule has 1 aromatic carbocycles. The maximum absolute atomic E-state index is 12.6. The number of nitrogens with one attached hydrogen (secondary N) is 1. The van der Waals surface area contributed by atoms with Crippen molar-refractivity contribution in [1.82, 2.24) is 5.32 Å². The second-order valence-corrected chi connectivity index (χ2v) is 9.79. The van der Waals surface area contributed by atoms with Gasteiger partial charge >= 0.3 is 12.1 Å². The van der Waals surface area contributed by atoms with Crippen LogP contribution in [0.25, 0.3) is 0 Å². The highest BCUT2D eigenvalue weighted by Crippen LogP contribution is 2.56. The topological polar surface area (TPSA) is 167 Å². The molecule has 0 aliphatic rings. The zero-order valence-electron chi connectivity index (χ0n) is 16.5. The zero-order chi connectivity index (χ0) is 22.9. The summed E-state index contributed by atoms with van der Waals surface area (Å²) in [6.07, 6.45) is -1.64. The second kappa shape index (κ2) is 11.8. The summed E-state index contributed by atoms with van der Waals surface area (Å²) in [5.41, 5.74) is 0.745. The van der Waals surface area contributed by atoms with E-state index >= 15 is 0 Å². The fourth-order valence-corrected chi connectivity index (χ4v) is 5.19. The number of rotatable bonds is 11. The molecule has 0 saturated heterocycles. The normalized spacial score (nSPS) is 14.7. The molecule has 13 heteroatoms. The Morgan fingerprint density at radius 1 is 1.23 bits per heavy atom. The van der Waals surface area contributed by atoms with Gasteiger partial charge in [0.05, 0.1) is 7.11 Å². The van der Waals surface area contributed by atoms with Crippen LogP contribution in [0.5, 0.6) is 5.06 Å². The second-order valence-electron chi connectivity index (χ2n) is 6.26. The van der Waals surface area contributed by atoms with Crippen LogP contribution in [-0.4, -0.2) is 41.4 Å². The van der Waals surface area contributed by atoms with E-state index in [4.69, 9.17) is 10.6 Å². The van der Waals surface area contributed by atoms with Crippen LogP contribution >= 0.6 is 18.7 Å². The minimum atomic E-state index is -4.18. The number of carbonyl (C=O) groups excluding carboxylic acids is 2. The number of hydrogen-bond acceptors (Lipinski definition) is 10. The molecule has 11 nitrogen and oxygen atoms in total. The van der Waals surface area contributed by atoms with Crippen LogP contribution in [0.2, 0.25) is 0 Å². The van der Waals surface area contributed by atoms with Gasteiger partial charge < -0.3 is 29.7 Å². The molecule has 0 aliphatic heterocycles. The molecule has 31 heavy (non-hydrogen) atoms. The van der Waals surface area contributed by atoms with E-state index < -0.39 is 37.5 Å². The molecule has 2 unspecified atom stereocenters. The Morgan fingerprint density at radius 3 is 2.58 bits per heavy atom. The first-order valence-electron chi connectivity index (χ1n) is 8.94. The molecule has 170 valence electrons. The van der Waals surface area contributed by atoms with Gasteiger partial charge in [0.2, 0.25) is 12.4 Å². The number of hydrogen-bond donors (Lipinski definition) is 4. The van der Waals surface area contributed by atoms with Crippen LogP contribution < -0.4 is 16.1 Å². The number of nitrogens with two attached hydrogens (primary N) is 1. The number of benzene rings is 1.